The molecule has 15 heavy (non-hydrogen) atoms. The minimum atomic E-state index is 1.18. The Kier molecular flexibility index (Phi) is 6.64. The summed E-state index contributed by atoms with van der Waals surface area (Å²) in [5, 5.41) is 0. The Hall–Kier alpha value is -1.04. The Morgan fingerprint density at radius 3 is 2.27 bits per heavy atom. The van der Waals surface area contributed by atoms with E-state index in [4.69, 9.17) is 0 Å². The van der Waals surface area contributed by atoms with Gasteiger partial charge in [0.1, 0.15) is 0 Å². The van der Waals surface area contributed by atoms with Crippen LogP contribution in [0.2, 0.25) is 0 Å². The number of hydrogen-bond donors (Lipinski definition) is 0. The number of benzene rings is 1. The van der Waals surface area contributed by atoms with Crippen molar-refractivity contribution in [3.8, 4) is 0 Å². The van der Waals surface area contributed by atoms with Crippen molar-refractivity contribution in [2.75, 3.05) is 0 Å². The quantitative estimate of drug-likeness (QED) is 0.421. The molecular formula is C15H22. The van der Waals surface area contributed by atoms with E-state index in [1.54, 1.807) is 0 Å². The fraction of sp³-hybridized carbons (Fsp3) is 0.467. The van der Waals surface area contributed by atoms with Crippen LogP contribution >= 0.6 is 0 Å². The fourth-order valence-electron chi connectivity index (χ4n) is 1.79. The summed E-state index contributed by atoms with van der Waals surface area (Å²) >= 11 is 0. The van der Waals surface area contributed by atoms with E-state index in [-0.39, 0.29) is 0 Å². The van der Waals surface area contributed by atoms with Crippen LogP contribution < -0.4 is 0 Å². The molecule has 0 fully saturated rings. The molecule has 0 heterocycles. The second kappa shape index (κ2) is 8.28. The van der Waals surface area contributed by atoms with Gasteiger partial charge >= 0.3 is 0 Å². The van der Waals surface area contributed by atoms with Crippen molar-refractivity contribution < 1.29 is 0 Å². The summed E-state index contributed by atoms with van der Waals surface area (Å²) in [6.45, 7) is 3.73. The van der Waals surface area contributed by atoms with Gasteiger partial charge in [0.15, 0.2) is 0 Å². The lowest BCUT2D eigenvalue weighted by atomic mass is 10.1. The van der Waals surface area contributed by atoms with Gasteiger partial charge in [0.2, 0.25) is 0 Å². The van der Waals surface area contributed by atoms with Crippen LogP contribution in [-0.4, -0.2) is 0 Å². The molecule has 0 aliphatic carbocycles. The molecule has 1 aromatic rings. The van der Waals surface area contributed by atoms with Crippen LogP contribution in [-0.2, 0) is 6.42 Å². The van der Waals surface area contributed by atoms with Crippen LogP contribution in [0.15, 0.2) is 43.0 Å². The van der Waals surface area contributed by atoms with E-state index in [2.05, 4.69) is 36.9 Å². The molecule has 82 valence electrons. The molecule has 0 radical (unpaired) electrons. The zero-order chi connectivity index (χ0) is 10.8. The van der Waals surface area contributed by atoms with Crippen molar-refractivity contribution in [1.82, 2.24) is 0 Å². The number of allylic oxidation sites excluding steroid dienone is 1. The molecule has 0 nitrogen and oxygen atoms in total. The molecule has 0 amide bonds. The highest BCUT2D eigenvalue weighted by atomic mass is 14.0. The first-order chi connectivity index (χ1) is 7.43. The summed E-state index contributed by atoms with van der Waals surface area (Å²) in [6, 6.07) is 10.8. The normalized spacial score (nSPS) is 10.1. The third-order valence-corrected chi connectivity index (χ3v) is 2.72. The van der Waals surface area contributed by atoms with Gasteiger partial charge in [-0.3, -0.25) is 0 Å². The van der Waals surface area contributed by atoms with Gasteiger partial charge in [-0.05, 0) is 31.2 Å². The number of hydrogen-bond acceptors (Lipinski definition) is 0. The lowest BCUT2D eigenvalue weighted by Gasteiger charge is -2.01. The van der Waals surface area contributed by atoms with Crippen molar-refractivity contribution >= 4 is 0 Å². The van der Waals surface area contributed by atoms with Gasteiger partial charge in [0, 0.05) is 0 Å². The second-order valence-electron chi connectivity index (χ2n) is 4.08. The van der Waals surface area contributed by atoms with Gasteiger partial charge < -0.3 is 0 Å². The third kappa shape index (κ3) is 6.11. The van der Waals surface area contributed by atoms with Gasteiger partial charge in [-0.25, -0.2) is 0 Å². The maximum atomic E-state index is 3.73. The molecule has 0 atom stereocenters. The van der Waals surface area contributed by atoms with Crippen LogP contribution in [0.3, 0.4) is 0 Å². The molecule has 1 aromatic carbocycles. The highest BCUT2D eigenvalue weighted by Crippen LogP contribution is 2.09. The predicted molar refractivity (Wildman–Crippen MR) is 68.0 cm³/mol. The summed E-state index contributed by atoms with van der Waals surface area (Å²) in [5.41, 5.74) is 1.48. The van der Waals surface area contributed by atoms with Crippen LogP contribution in [0.25, 0.3) is 0 Å². The summed E-state index contributed by atoms with van der Waals surface area (Å²) in [5.74, 6) is 0. The molecule has 0 N–H and O–H groups in total. The highest BCUT2D eigenvalue weighted by Gasteiger charge is 1.92. The van der Waals surface area contributed by atoms with Crippen molar-refractivity contribution in [3.63, 3.8) is 0 Å². The molecule has 0 saturated carbocycles. The Bertz CT molecular complexity index is 248. The Balaban J connectivity index is 1.95. The fourth-order valence-corrected chi connectivity index (χ4v) is 1.79. The first-order valence-corrected chi connectivity index (χ1v) is 6.08. The lowest BCUT2D eigenvalue weighted by molar-refractivity contribution is 0.618. The minimum absolute atomic E-state index is 1.18. The van der Waals surface area contributed by atoms with Gasteiger partial charge in [0.25, 0.3) is 0 Å². The standard InChI is InChI=1S/C15H22/c1-2-3-4-5-6-7-9-12-15-13-10-8-11-14-15/h2,8,10-11,13-14H,1,3-7,9,12H2. The zero-order valence-electron chi connectivity index (χ0n) is 9.62. The molecule has 0 aliphatic heterocycles. The predicted octanol–water partition coefficient (Wildman–Crippen LogP) is 4.76. The lowest BCUT2D eigenvalue weighted by Crippen LogP contribution is -1.85. The summed E-state index contributed by atoms with van der Waals surface area (Å²) < 4.78 is 0. The third-order valence-electron chi connectivity index (χ3n) is 2.72. The van der Waals surface area contributed by atoms with Gasteiger partial charge in [-0.15, -0.1) is 6.58 Å². The van der Waals surface area contributed by atoms with Crippen LogP contribution in [0.1, 0.15) is 44.1 Å². The molecule has 0 aromatic heterocycles. The number of aryl methyl sites for hydroxylation is 1. The molecule has 0 unspecified atom stereocenters. The maximum Gasteiger partial charge on any atom is -0.0279 e. The van der Waals surface area contributed by atoms with Crippen LogP contribution in [0, 0.1) is 0 Å². The Morgan fingerprint density at radius 2 is 1.53 bits per heavy atom. The minimum Gasteiger partial charge on any atom is -0.103 e. The average molecular weight is 202 g/mol. The van der Waals surface area contributed by atoms with E-state index in [0.717, 1.165) is 0 Å². The van der Waals surface area contributed by atoms with E-state index in [0.29, 0.717) is 0 Å². The highest BCUT2D eigenvalue weighted by molar-refractivity contribution is 5.14. The molecule has 0 bridgehead atoms. The molecular weight excluding hydrogens is 180 g/mol. The molecule has 0 saturated heterocycles. The maximum absolute atomic E-state index is 3.73. The van der Waals surface area contributed by atoms with Crippen LogP contribution in [0.5, 0.6) is 0 Å². The smallest absolute Gasteiger partial charge is 0.0279 e. The SMILES string of the molecule is C=CCCCCCCCc1ccccc1. The van der Waals surface area contributed by atoms with Gasteiger partial charge in [-0.2, -0.15) is 0 Å². The average Bonchev–Trinajstić information content (AvgIpc) is 2.29. The monoisotopic (exact) mass is 202 g/mol. The van der Waals surface area contributed by atoms with Crippen molar-refractivity contribution in [1.29, 1.82) is 0 Å². The first-order valence-electron chi connectivity index (χ1n) is 6.08. The Morgan fingerprint density at radius 1 is 0.867 bits per heavy atom. The summed E-state index contributed by atoms with van der Waals surface area (Å²) in [6.07, 6.45) is 11.2. The largest absolute Gasteiger partial charge is 0.103 e. The van der Waals surface area contributed by atoms with E-state index in [9.17, 15) is 0 Å². The van der Waals surface area contributed by atoms with Gasteiger partial charge in [-0.1, -0.05) is 55.7 Å². The van der Waals surface area contributed by atoms with E-state index < -0.39 is 0 Å². The van der Waals surface area contributed by atoms with Crippen molar-refractivity contribution in [3.05, 3.63) is 48.6 Å². The molecule has 0 heteroatoms. The number of rotatable bonds is 8. The first kappa shape index (κ1) is 12.0. The topological polar surface area (TPSA) is 0 Å². The van der Waals surface area contributed by atoms with Crippen molar-refractivity contribution in [2.45, 2.75) is 44.9 Å². The Labute approximate surface area is 94.0 Å². The molecule has 0 aliphatic rings. The van der Waals surface area contributed by atoms with Crippen LogP contribution in [0.4, 0.5) is 0 Å². The summed E-state index contributed by atoms with van der Waals surface area (Å²) in [4.78, 5) is 0. The van der Waals surface area contributed by atoms with E-state index in [1.165, 1.54) is 50.5 Å². The molecule has 0 spiro atoms. The number of unbranched alkanes of at least 4 members (excludes halogenated alkanes) is 5. The second-order valence-corrected chi connectivity index (χ2v) is 4.08. The summed E-state index contributed by atoms with van der Waals surface area (Å²) in [7, 11) is 0. The molecule has 1 rings (SSSR count). The van der Waals surface area contributed by atoms with E-state index >= 15 is 0 Å². The van der Waals surface area contributed by atoms with Crippen molar-refractivity contribution in [2.24, 2.45) is 0 Å². The van der Waals surface area contributed by atoms with E-state index in [1.807, 2.05) is 6.08 Å². The zero-order valence-corrected chi connectivity index (χ0v) is 9.62. The van der Waals surface area contributed by atoms with Gasteiger partial charge in [0.05, 0.1) is 0 Å².